The van der Waals surface area contributed by atoms with Gasteiger partial charge in [0.1, 0.15) is 0 Å². The Morgan fingerprint density at radius 2 is 0.845 bits per heavy atom. The summed E-state index contributed by atoms with van der Waals surface area (Å²) in [6, 6.07) is 69.8. The number of aromatic nitrogens is 4. The highest BCUT2D eigenvalue weighted by Crippen LogP contribution is 2.42. The lowest BCUT2D eigenvalue weighted by Crippen LogP contribution is -2.03. The smallest absolute Gasteiger partial charge is 0.188 e. The van der Waals surface area contributed by atoms with Gasteiger partial charge in [-0.15, -0.1) is 0 Å². The maximum atomic E-state index is 7.84. The molecule has 11 rings (SSSR count). The second kappa shape index (κ2) is 13.6. The average Bonchev–Trinajstić information content (AvgIpc) is 3.82. The summed E-state index contributed by atoms with van der Waals surface area (Å²) in [6.45, 7) is 7.84. The standard InChI is InChI=1S/C53H33N5/c1-54-38-29-31-51-44(33-38)42-23-11-15-27-50(42)58(51)52-32-37(53-55-45(35-16-4-2-5-17-35)34-46(56-53)36-18-6-3-7-19-36)28-30-43(52)41-22-10-14-26-49(41)57-47-24-12-8-20-39(47)40-21-9-13-25-48(40)57/h2-34H. The molecule has 0 saturated carbocycles. The van der Waals surface area contributed by atoms with Crippen molar-refractivity contribution in [2.75, 3.05) is 0 Å². The first kappa shape index (κ1) is 33.3. The summed E-state index contributed by atoms with van der Waals surface area (Å²) in [4.78, 5) is 14.3. The molecule has 5 nitrogen and oxygen atoms in total. The zero-order chi connectivity index (χ0) is 38.6. The minimum absolute atomic E-state index is 0.612. The number of benzene rings is 8. The molecule has 58 heavy (non-hydrogen) atoms. The lowest BCUT2D eigenvalue weighted by molar-refractivity contribution is 1.15. The maximum Gasteiger partial charge on any atom is 0.188 e. The SMILES string of the molecule is [C-]#[N+]c1ccc2c(c1)c1ccccc1n2-c1cc(-c2nc(-c3ccccc3)cc(-c3ccccc3)n2)ccc1-c1ccccc1-n1c2ccccc2c2ccccc21. The van der Waals surface area contributed by atoms with Gasteiger partial charge in [0, 0.05) is 44.0 Å². The van der Waals surface area contributed by atoms with E-state index in [9.17, 15) is 0 Å². The fraction of sp³-hybridized carbons (Fsp3) is 0. The quantitative estimate of drug-likeness (QED) is 0.159. The third kappa shape index (κ3) is 5.39. The average molecular weight is 740 g/mol. The second-order valence-corrected chi connectivity index (χ2v) is 14.5. The zero-order valence-electron chi connectivity index (χ0n) is 31.3. The summed E-state index contributed by atoms with van der Waals surface area (Å²) in [5.74, 6) is 0.639. The minimum Gasteiger partial charge on any atom is -0.309 e. The van der Waals surface area contributed by atoms with Gasteiger partial charge in [0.2, 0.25) is 0 Å². The molecule has 11 aromatic rings. The van der Waals surface area contributed by atoms with Gasteiger partial charge in [0.15, 0.2) is 11.5 Å². The Balaban J connectivity index is 1.22. The monoisotopic (exact) mass is 739 g/mol. The van der Waals surface area contributed by atoms with Crippen LogP contribution in [0.5, 0.6) is 0 Å². The fourth-order valence-corrected chi connectivity index (χ4v) is 8.54. The first-order valence-electron chi connectivity index (χ1n) is 19.4. The number of hydrogen-bond acceptors (Lipinski definition) is 2. The van der Waals surface area contributed by atoms with E-state index < -0.39 is 0 Å². The number of fused-ring (bicyclic) bond motifs is 6. The van der Waals surface area contributed by atoms with Gasteiger partial charge in [-0.2, -0.15) is 0 Å². The molecular weight excluding hydrogens is 707 g/mol. The molecular formula is C53H33N5. The van der Waals surface area contributed by atoms with Crippen LogP contribution in [0.4, 0.5) is 5.69 Å². The van der Waals surface area contributed by atoms with Gasteiger partial charge >= 0.3 is 0 Å². The van der Waals surface area contributed by atoms with E-state index in [2.05, 4.69) is 166 Å². The third-order valence-corrected chi connectivity index (χ3v) is 11.2. The van der Waals surface area contributed by atoms with Crippen molar-refractivity contribution < 1.29 is 0 Å². The van der Waals surface area contributed by atoms with Crippen molar-refractivity contribution in [1.29, 1.82) is 0 Å². The maximum absolute atomic E-state index is 7.84. The molecule has 3 heterocycles. The van der Waals surface area contributed by atoms with Crippen LogP contribution >= 0.6 is 0 Å². The van der Waals surface area contributed by atoms with E-state index in [1.807, 2.05) is 48.5 Å². The van der Waals surface area contributed by atoms with Crippen LogP contribution in [0.15, 0.2) is 200 Å². The molecule has 0 bridgehead atoms. The molecule has 270 valence electrons. The van der Waals surface area contributed by atoms with Crippen molar-refractivity contribution in [3.05, 3.63) is 212 Å². The number of rotatable bonds is 6. The van der Waals surface area contributed by atoms with E-state index in [1.165, 1.54) is 10.8 Å². The molecule has 0 amide bonds. The van der Waals surface area contributed by atoms with Crippen LogP contribution in [0, 0.1) is 6.57 Å². The van der Waals surface area contributed by atoms with Crippen molar-refractivity contribution in [3.8, 4) is 56.4 Å². The second-order valence-electron chi connectivity index (χ2n) is 14.5. The molecule has 3 aromatic heterocycles. The van der Waals surface area contributed by atoms with Crippen LogP contribution in [-0.4, -0.2) is 19.1 Å². The predicted octanol–water partition coefficient (Wildman–Crippen LogP) is 13.9. The van der Waals surface area contributed by atoms with Crippen LogP contribution < -0.4 is 0 Å². The normalized spacial score (nSPS) is 11.4. The van der Waals surface area contributed by atoms with Gasteiger partial charge in [0.25, 0.3) is 0 Å². The van der Waals surface area contributed by atoms with Crippen LogP contribution in [0.3, 0.4) is 0 Å². The molecule has 0 N–H and O–H groups in total. The molecule has 0 fully saturated rings. The molecule has 5 heteroatoms. The summed E-state index contributed by atoms with van der Waals surface area (Å²) in [5.41, 5.74) is 13.9. The van der Waals surface area contributed by atoms with Crippen molar-refractivity contribution in [3.63, 3.8) is 0 Å². The topological polar surface area (TPSA) is 40.0 Å². The lowest BCUT2D eigenvalue weighted by atomic mass is 9.98. The first-order valence-corrected chi connectivity index (χ1v) is 19.4. The van der Waals surface area contributed by atoms with Gasteiger partial charge in [-0.05, 0) is 53.9 Å². The van der Waals surface area contributed by atoms with Gasteiger partial charge in [-0.3, -0.25) is 0 Å². The number of nitrogens with zero attached hydrogens (tertiary/aromatic N) is 5. The Hall–Kier alpha value is -8.07. The van der Waals surface area contributed by atoms with Crippen LogP contribution in [-0.2, 0) is 0 Å². The molecule has 0 aliphatic carbocycles. The molecule has 0 spiro atoms. The van der Waals surface area contributed by atoms with Crippen LogP contribution in [0.2, 0.25) is 0 Å². The first-order chi connectivity index (χ1) is 28.7. The van der Waals surface area contributed by atoms with E-state index in [-0.39, 0.29) is 0 Å². The Kier molecular flexibility index (Phi) is 7.80. The van der Waals surface area contributed by atoms with Crippen LogP contribution in [0.25, 0.3) is 105 Å². The molecule has 8 aromatic carbocycles. The van der Waals surface area contributed by atoms with E-state index in [0.29, 0.717) is 11.5 Å². The van der Waals surface area contributed by atoms with E-state index in [4.69, 9.17) is 16.5 Å². The molecule has 0 atom stereocenters. The van der Waals surface area contributed by atoms with Gasteiger partial charge in [-0.1, -0.05) is 152 Å². The predicted molar refractivity (Wildman–Crippen MR) is 239 cm³/mol. The van der Waals surface area contributed by atoms with Gasteiger partial charge < -0.3 is 9.13 Å². The Bertz CT molecular complexity index is 3290. The number of para-hydroxylation sites is 4. The van der Waals surface area contributed by atoms with Gasteiger partial charge in [-0.25, -0.2) is 14.8 Å². The van der Waals surface area contributed by atoms with Gasteiger partial charge in [0.05, 0.1) is 51.4 Å². The summed E-state index contributed by atoms with van der Waals surface area (Å²) < 4.78 is 4.74. The Morgan fingerprint density at radius 1 is 0.362 bits per heavy atom. The molecule has 0 unspecified atom stereocenters. The number of hydrogen-bond donors (Lipinski definition) is 0. The van der Waals surface area contributed by atoms with Crippen LogP contribution in [0.1, 0.15) is 0 Å². The van der Waals surface area contributed by atoms with E-state index >= 15 is 0 Å². The summed E-state index contributed by atoms with van der Waals surface area (Å²) >= 11 is 0. The van der Waals surface area contributed by atoms with E-state index in [1.54, 1.807) is 0 Å². The fourth-order valence-electron chi connectivity index (χ4n) is 8.54. The summed E-state index contributed by atoms with van der Waals surface area (Å²) in [7, 11) is 0. The lowest BCUT2D eigenvalue weighted by Gasteiger charge is -2.19. The van der Waals surface area contributed by atoms with Crippen molar-refractivity contribution in [1.82, 2.24) is 19.1 Å². The molecule has 0 saturated heterocycles. The van der Waals surface area contributed by atoms with Crippen molar-refractivity contribution >= 4 is 49.3 Å². The highest BCUT2D eigenvalue weighted by molar-refractivity contribution is 6.12. The minimum atomic E-state index is 0.612. The molecule has 0 aliphatic rings. The van der Waals surface area contributed by atoms with E-state index in [0.717, 1.165) is 83.4 Å². The Morgan fingerprint density at radius 3 is 1.45 bits per heavy atom. The Labute approximate surface area is 335 Å². The zero-order valence-corrected chi connectivity index (χ0v) is 31.3. The van der Waals surface area contributed by atoms with Crippen molar-refractivity contribution in [2.45, 2.75) is 0 Å². The molecule has 0 aliphatic heterocycles. The highest BCUT2D eigenvalue weighted by atomic mass is 15.0. The molecule has 0 radical (unpaired) electrons. The third-order valence-electron chi connectivity index (χ3n) is 11.2. The van der Waals surface area contributed by atoms with Crippen molar-refractivity contribution in [2.24, 2.45) is 0 Å². The largest absolute Gasteiger partial charge is 0.309 e. The highest BCUT2D eigenvalue weighted by Gasteiger charge is 2.22. The summed E-state index contributed by atoms with van der Waals surface area (Å²) in [5, 5.41) is 4.55. The summed E-state index contributed by atoms with van der Waals surface area (Å²) in [6.07, 6.45) is 0.